The number of hydrogen-bond acceptors (Lipinski definition) is 5. The molecular weight excluding hydrogens is 354 g/mol. The van der Waals surface area contributed by atoms with E-state index >= 15 is 0 Å². The number of nitrogens with zero attached hydrogens (tertiary/aromatic N) is 2. The molecule has 0 atom stereocenters. The number of nitro groups is 1. The average molecular weight is 375 g/mol. The van der Waals surface area contributed by atoms with Crippen molar-refractivity contribution in [3.05, 3.63) is 64.2 Å². The Balaban J connectivity index is 1.83. The summed E-state index contributed by atoms with van der Waals surface area (Å²) in [4.78, 5) is 12.7. The van der Waals surface area contributed by atoms with Gasteiger partial charge in [-0.15, -0.1) is 0 Å². The SMILES string of the molecule is O=[N+]([O-])c1ccccc1CS(=O)(=O)Nc1ccccc1N1CCCCC1. The molecule has 2 aromatic carbocycles. The second-order valence-corrected chi connectivity index (χ2v) is 8.03. The quantitative estimate of drug-likeness (QED) is 0.616. The zero-order chi connectivity index (χ0) is 18.6. The van der Waals surface area contributed by atoms with E-state index in [1.807, 2.05) is 12.1 Å². The lowest BCUT2D eigenvalue weighted by atomic mass is 10.1. The highest BCUT2D eigenvalue weighted by atomic mass is 32.2. The lowest BCUT2D eigenvalue weighted by Crippen LogP contribution is -2.30. The van der Waals surface area contributed by atoms with Crippen molar-refractivity contribution < 1.29 is 13.3 Å². The monoisotopic (exact) mass is 375 g/mol. The third-order valence-corrected chi connectivity index (χ3v) is 5.62. The second kappa shape index (κ2) is 7.74. The van der Waals surface area contributed by atoms with Gasteiger partial charge in [0.1, 0.15) is 5.75 Å². The Morgan fingerprint density at radius 2 is 1.65 bits per heavy atom. The first-order chi connectivity index (χ1) is 12.5. The molecule has 7 nitrogen and oxygen atoms in total. The van der Waals surface area contributed by atoms with E-state index in [0.717, 1.165) is 31.6 Å². The standard InChI is InChI=1S/C18H21N3O4S/c22-21(23)17-10-4-2-8-15(17)14-26(24,25)19-16-9-3-5-11-18(16)20-12-6-1-7-13-20/h2-5,8-11,19H,1,6-7,12-14H2. The van der Waals surface area contributed by atoms with Crippen molar-refractivity contribution >= 4 is 27.1 Å². The van der Waals surface area contributed by atoms with Crippen LogP contribution in [0.5, 0.6) is 0 Å². The Morgan fingerprint density at radius 1 is 1.00 bits per heavy atom. The molecule has 1 aliphatic heterocycles. The van der Waals surface area contributed by atoms with E-state index in [1.165, 1.54) is 24.6 Å². The Morgan fingerprint density at radius 3 is 2.38 bits per heavy atom. The van der Waals surface area contributed by atoms with Crippen molar-refractivity contribution in [2.45, 2.75) is 25.0 Å². The fourth-order valence-electron chi connectivity index (χ4n) is 3.19. The van der Waals surface area contributed by atoms with Crippen LogP contribution in [0.25, 0.3) is 0 Å². The molecule has 1 heterocycles. The molecule has 0 bridgehead atoms. The van der Waals surface area contributed by atoms with Crippen LogP contribution >= 0.6 is 0 Å². The van der Waals surface area contributed by atoms with Gasteiger partial charge in [-0.05, 0) is 31.4 Å². The highest BCUT2D eigenvalue weighted by molar-refractivity contribution is 7.91. The molecule has 0 unspecified atom stereocenters. The summed E-state index contributed by atoms with van der Waals surface area (Å²) < 4.78 is 27.9. The van der Waals surface area contributed by atoms with E-state index in [0.29, 0.717) is 5.69 Å². The fourth-order valence-corrected chi connectivity index (χ4v) is 4.42. The molecule has 0 aliphatic carbocycles. The molecule has 0 spiro atoms. The normalized spacial score (nSPS) is 14.8. The average Bonchev–Trinajstić information content (AvgIpc) is 2.62. The fraction of sp³-hybridized carbons (Fsp3) is 0.333. The maximum absolute atomic E-state index is 12.6. The van der Waals surface area contributed by atoms with E-state index in [-0.39, 0.29) is 11.3 Å². The summed E-state index contributed by atoms with van der Waals surface area (Å²) in [6.45, 7) is 1.78. The molecule has 3 rings (SSSR count). The van der Waals surface area contributed by atoms with Crippen LogP contribution in [-0.2, 0) is 15.8 Å². The number of nitrogens with one attached hydrogen (secondary N) is 1. The van der Waals surface area contributed by atoms with E-state index in [1.54, 1.807) is 18.2 Å². The third-order valence-electron chi connectivity index (χ3n) is 4.40. The molecule has 138 valence electrons. The molecule has 1 N–H and O–H groups in total. The number of rotatable bonds is 6. The number of piperidine rings is 1. The van der Waals surface area contributed by atoms with Crippen LogP contribution in [0.1, 0.15) is 24.8 Å². The predicted octanol–water partition coefficient (Wildman–Crippen LogP) is 3.53. The molecule has 26 heavy (non-hydrogen) atoms. The van der Waals surface area contributed by atoms with Crippen molar-refractivity contribution in [2.24, 2.45) is 0 Å². The van der Waals surface area contributed by atoms with Crippen LogP contribution < -0.4 is 9.62 Å². The predicted molar refractivity (Wildman–Crippen MR) is 102 cm³/mol. The van der Waals surface area contributed by atoms with E-state index in [4.69, 9.17) is 0 Å². The smallest absolute Gasteiger partial charge is 0.273 e. The van der Waals surface area contributed by atoms with Gasteiger partial charge in [0, 0.05) is 24.7 Å². The van der Waals surface area contributed by atoms with Crippen LogP contribution in [-0.4, -0.2) is 26.4 Å². The summed E-state index contributed by atoms with van der Waals surface area (Å²) in [5.41, 5.74) is 1.33. The zero-order valence-electron chi connectivity index (χ0n) is 14.3. The van der Waals surface area contributed by atoms with Crippen LogP contribution in [0.3, 0.4) is 0 Å². The van der Waals surface area contributed by atoms with Gasteiger partial charge in [0.05, 0.1) is 16.3 Å². The lowest BCUT2D eigenvalue weighted by Gasteiger charge is -2.30. The highest BCUT2D eigenvalue weighted by Gasteiger charge is 2.22. The molecular formula is C18H21N3O4S. The molecule has 0 saturated carbocycles. The van der Waals surface area contributed by atoms with E-state index in [9.17, 15) is 18.5 Å². The molecule has 1 saturated heterocycles. The minimum absolute atomic E-state index is 0.167. The van der Waals surface area contributed by atoms with Gasteiger partial charge in [0.25, 0.3) is 5.69 Å². The second-order valence-electron chi connectivity index (χ2n) is 6.31. The third kappa shape index (κ3) is 4.32. The van der Waals surface area contributed by atoms with Crippen molar-refractivity contribution in [2.75, 3.05) is 22.7 Å². The van der Waals surface area contributed by atoms with Crippen LogP contribution in [0.15, 0.2) is 48.5 Å². The van der Waals surface area contributed by atoms with Crippen molar-refractivity contribution in [1.82, 2.24) is 0 Å². The Hall–Kier alpha value is -2.61. The summed E-state index contributed by atoms with van der Waals surface area (Å²) in [5, 5.41) is 11.1. The Bertz CT molecular complexity index is 893. The first-order valence-electron chi connectivity index (χ1n) is 8.53. The molecule has 2 aromatic rings. The van der Waals surface area contributed by atoms with E-state index < -0.39 is 20.7 Å². The maximum atomic E-state index is 12.6. The van der Waals surface area contributed by atoms with Gasteiger partial charge in [-0.2, -0.15) is 0 Å². The molecule has 0 amide bonds. The molecule has 0 radical (unpaired) electrons. The van der Waals surface area contributed by atoms with Gasteiger partial charge in [-0.3, -0.25) is 14.8 Å². The summed E-state index contributed by atoms with van der Waals surface area (Å²) in [6.07, 6.45) is 3.34. The first-order valence-corrected chi connectivity index (χ1v) is 10.2. The maximum Gasteiger partial charge on any atom is 0.273 e. The van der Waals surface area contributed by atoms with Gasteiger partial charge in [0.2, 0.25) is 10.0 Å². The molecule has 1 fully saturated rings. The zero-order valence-corrected chi connectivity index (χ0v) is 15.1. The van der Waals surface area contributed by atoms with Crippen LogP contribution in [0.2, 0.25) is 0 Å². The number of sulfonamides is 1. The van der Waals surface area contributed by atoms with Gasteiger partial charge in [0.15, 0.2) is 0 Å². The first kappa shape index (κ1) is 18.2. The highest BCUT2D eigenvalue weighted by Crippen LogP contribution is 2.30. The summed E-state index contributed by atoms with van der Waals surface area (Å²) in [5.74, 6) is -0.446. The summed E-state index contributed by atoms with van der Waals surface area (Å²) in [6, 6.07) is 13.2. The number of benzene rings is 2. The lowest BCUT2D eigenvalue weighted by molar-refractivity contribution is -0.385. The van der Waals surface area contributed by atoms with E-state index in [2.05, 4.69) is 9.62 Å². The molecule has 0 aromatic heterocycles. The molecule has 1 aliphatic rings. The van der Waals surface area contributed by atoms with Crippen molar-refractivity contribution in [1.29, 1.82) is 0 Å². The largest absolute Gasteiger partial charge is 0.370 e. The topological polar surface area (TPSA) is 92.5 Å². The summed E-state index contributed by atoms with van der Waals surface area (Å²) >= 11 is 0. The molecule has 8 heteroatoms. The minimum Gasteiger partial charge on any atom is -0.370 e. The number of nitro benzene ring substituents is 1. The summed E-state index contributed by atoms with van der Waals surface area (Å²) in [7, 11) is -3.79. The Kier molecular flexibility index (Phi) is 5.41. The van der Waals surface area contributed by atoms with Gasteiger partial charge in [-0.1, -0.05) is 30.3 Å². The van der Waals surface area contributed by atoms with Gasteiger partial charge < -0.3 is 4.90 Å². The van der Waals surface area contributed by atoms with Crippen LogP contribution in [0.4, 0.5) is 17.1 Å². The van der Waals surface area contributed by atoms with Crippen molar-refractivity contribution in [3.63, 3.8) is 0 Å². The number of para-hydroxylation sites is 3. The number of anilines is 2. The number of hydrogen-bond donors (Lipinski definition) is 1. The van der Waals surface area contributed by atoms with Crippen LogP contribution in [0, 0.1) is 10.1 Å². The van der Waals surface area contributed by atoms with Gasteiger partial charge >= 0.3 is 0 Å². The Labute approximate surface area is 152 Å². The van der Waals surface area contributed by atoms with Crippen molar-refractivity contribution in [3.8, 4) is 0 Å². The van der Waals surface area contributed by atoms with Gasteiger partial charge in [-0.25, -0.2) is 8.42 Å². The minimum atomic E-state index is -3.79.